The molecule has 0 aliphatic carbocycles. The van der Waals surface area contributed by atoms with E-state index in [2.05, 4.69) is 18.7 Å². The standard InChI is InChI=1S/C20H22N4O2S2/c1-12-8-13(2)11-23(10-12)17-14(9-15-19(26)22(3)20(27)28-15)18(25)24-7-5-4-6-16(24)21-17/h4-7,9,12-13H,8,10-11H2,1-3H3/b15-9+/t12-,13+. The van der Waals surface area contributed by atoms with Crippen LogP contribution in [0.1, 0.15) is 25.8 Å². The first-order valence-corrected chi connectivity index (χ1v) is 10.6. The monoisotopic (exact) mass is 414 g/mol. The molecule has 8 heteroatoms. The molecule has 4 rings (SSSR count). The summed E-state index contributed by atoms with van der Waals surface area (Å²) >= 11 is 6.45. The van der Waals surface area contributed by atoms with E-state index < -0.39 is 0 Å². The zero-order chi connectivity index (χ0) is 20.0. The number of thioether (sulfide) groups is 1. The van der Waals surface area contributed by atoms with Crippen LogP contribution < -0.4 is 10.5 Å². The van der Waals surface area contributed by atoms with E-state index in [4.69, 9.17) is 17.2 Å². The molecule has 1 amide bonds. The van der Waals surface area contributed by atoms with E-state index in [0.29, 0.717) is 38.1 Å². The number of hydrogen-bond donors (Lipinski definition) is 0. The van der Waals surface area contributed by atoms with Crippen LogP contribution in [0.5, 0.6) is 0 Å². The molecule has 2 aromatic heterocycles. The maximum Gasteiger partial charge on any atom is 0.267 e. The molecule has 4 heterocycles. The normalized spacial score (nSPS) is 24.6. The Balaban J connectivity index is 1.91. The number of anilines is 1. The molecule has 6 nitrogen and oxygen atoms in total. The molecule has 0 saturated carbocycles. The fourth-order valence-corrected chi connectivity index (χ4v) is 5.13. The quantitative estimate of drug-likeness (QED) is 0.556. The Morgan fingerprint density at radius 3 is 2.57 bits per heavy atom. The van der Waals surface area contributed by atoms with Crippen molar-refractivity contribution in [2.75, 3.05) is 25.0 Å². The van der Waals surface area contributed by atoms with Crippen LogP contribution >= 0.6 is 24.0 Å². The predicted molar refractivity (Wildman–Crippen MR) is 118 cm³/mol. The van der Waals surface area contributed by atoms with E-state index in [1.165, 1.54) is 21.1 Å². The molecule has 146 valence electrons. The van der Waals surface area contributed by atoms with Gasteiger partial charge in [0, 0.05) is 26.3 Å². The zero-order valence-corrected chi connectivity index (χ0v) is 17.7. The zero-order valence-electron chi connectivity index (χ0n) is 16.1. The summed E-state index contributed by atoms with van der Waals surface area (Å²) in [5.41, 5.74) is 0.875. The Morgan fingerprint density at radius 1 is 1.21 bits per heavy atom. The number of nitrogens with zero attached hydrogens (tertiary/aromatic N) is 4. The van der Waals surface area contributed by atoms with Gasteiger partial charge in [-0.25, -0.2) is 4.98 Å². The van der Waals surface area contributed by atoms with Gasteiger partial charge in [0.1, 0.15) is 15.8 Å². The number of fused-ring (bicyclic) bond motifs is 1. The number of hydrogen-bond acceptors (Lipinski definition) is 6. The number of pyridine rings is 1. The summed E-state index contributed by atoms with van der Waals surface area (Å²) < 4.78 is 2.02. The van der Waals surface area contributed by atoms with E-state index in [1.54, 1.807) is 25.4 Å². The lowest BCUT2D eigenvalue weighted by atomic mass is 9.91. The van der Waals surface area contributed by atoms with E-state index in [-0.39, 0.29) is 11.5 Å². The molecule has 2 aromatic rings. The van der Waals surface area contributed by atoms with Gasteiger partial charge in [0.15, 0.2) is 0 Å². The summed E-state index contributed by atoms with van der Waals surface area (Å²) in [5.74, 6) is 1.50. The Hall–Kier alpha value is -2.19. The third kappa shape index (κ3) is 3.35. The number of rotatable bonds is 2. The second-order valence-corrected chi connectivity index (χ2v) is 9.35. The molecule has 28 heavy (non-hydrogen) atoms. The van der Waals surface area contributed by atoms with Crippen molar-refractivity contribution in [2.45, 2.75) is 20.3 Å². The van der Waals surface area contributed by atoms with Crippen molar-refractivity contribution in [1.82, 2.24) is 14.3 Å². The summed E-state index contributed by atoms with van der Waals surface area (Å²) in [6, 6.07) is 5.50. The van der Waals surface area contributed by atoms with Crippen molar-refractivity contribution in [2.24, 2.45) is 11.8 Å². The highest BCUT2D eigenvalue weighted by Gasteiger charge is 2.31. The summed E-state index contributed by atoms with van der Waals surface area (Å²) in [6.45, 7) is 6.13. The minimum absolute atomic E-state index is 0.173. The largest absolute Gasteiger partial charge is 0.355 e. The molecule has 2 saturated heterocycles. The summed E-state index contributed by atoms with van der Waals surface area (Å²) in [4.78, 5) is 34.7. The third-order valence-corrected chi connectivity index (χ3v) is 6.66. The molecule has 2 fully saturated rings. The number of aromatic nitrogens is 2. The maximum atomic E-state index is 13.3. The lowest BCUT2D eigenvalue weighted by molar-refractivity contribution is -0.121. The van der Waals surface area contributed by atoms with Gasteiger partial charge in [-0.2, -0.15) is 0 Å². The number of likely N-dealkylation sites (N-methyl/N-ethyl adjacent to an activating group) is 1. The van der Waals surface area contributed by atoms with Crippen molar-refractivity contribution in [3.63, 3.8) is 0 Å². The van der Waals surface area contributed by atoms with Crippen LogP contribution in [-0.4, -0.2) is 44.6 Å². The summed E-state index contributed by atoms with van der Waals surface area (Å²) in [6.07, 6.45) is 4.53. The van der Waals surface area contributed by atoms with Gasteiger partial charge in [0.25, 0.3) is 11.5 Å². The van der Waals surface area contributed by atoms with Gasteiger partial charge in [-0.3, -0.25) is 18.9 Å². The molecule has 0 spiro atoms. The van der Waals surface area contributed by atoms with Gasteiger partial charge in [0.05, 0.1) is 10.5 Å². The Morgan fingerprint density at radius 2 is 1.93 bits per heavy atom. The van der Waals surface area contributed by atoms with Crippen LogP contribution in [0, 0.1) is 11.8 Å². The van der Waals surface area contributed by atoms with E-state index in [9.17, 15) is 9.59 Å². The number of piperidine rings is 1. The molecule has 0 bridgehead atoms. The Kier molecular flexibility index (Phi) is 5.01. The molecular formula is C20H22N4O2S2. The van der Waals surface area contributed by atoms with E-state index >= 15 is 0 Å². The van der Waals surface area contributed by atoms with Gasteiger partial charge in [-0.15, -0.1) is 0 Å². The van der Waals surface area contributed by atoms with Crippen molar-refractivity contribution >= 4 is 51.7 Å². The van der Waals surface area contributed by atoms with Crippen LogP contribution in [0.4, 0.5) is 5.82 Å². The van der Waals surface area contributed by atoms with Crippen molar-refractivity contribution in [3.05, 3.63) is 45.2 Å². The highest BCUT2D eigenvalue weighted by molar-refractivity contribution is 8.26. The minimum Gasteiger partial charge on any atom is -0.355 e. The minimum atomic E-state index is -0.182. The highest BCUT2D eigenvalue weighted by Crippen LogP contribution is 2.33. The number of carbonyl (C=O) groups excluding carboxylic acids is 1. The second-order valence-electron chi connectivity index (χ2n) is 7.67. The number of amides is 1. The van der Waals surface area contributed by atoms with Crippen molar-refractivity contribution in [3.8, 4) is 0 Å². The summed E-state index contributed by atoms with van der Waals surface area (Å²) in [7, 11) is 1.65. The van der Waals surface area contributed by atoms with Gasteiger partial charge < -0.3 is 4.90 Å². The maximum absolute atomic E-state index is 13.3. The lowest BCUT2D eigenvalue weighted by Gasteiger charge is -2.36. The van der Waals surface area contributed by atoms with Gasteiger partial charge in [-0.05, 0) is 36.5 Å². The second kappa shape index (κ2) is 7.33. The average molecular weight is 415 g/mol. The first kappa shape index (κ1) is 19.1. The van der Waals surface area contributed by atoms with Gasteiger partial charge >= 0.3 is 0 Å². The Labute approximate surface area is 173 Å². The van der Waals surface area contributed by atoms with Gasteiger partial charge in [0.2, 0.25) is 0 Å². The summed E-state index contributed by atoms with van der Waals surface area (Å²) in [5, 5.41) is 0. The van der Waals surface area contributed by atoms with Crippen LogP contribution in [0.2, 0.25) is 0 Å². The lowest BCUT2D eigenvalue weighted by Crippen LogP contribution is -2.40. The molecule has 0 aromatic carbocycles. The number of carbonyl (C=O) groups is 1. The SMILES string of the molecule is C[C@@H]1C[C@H](C)CN(c2nc3ccccn3c(=O)c2/C=C2/SC(=S)N(C)C2=O)C1. The van der Waals surface area contributed by atoms with Crippen LogP contribution in [0.25, 0.3) is 11.7 Å². The van der Waals surface area contributed by atoms with Crippen LogP contribution in [0.3, 0.4) is 0 Å². The average Bonchev–Trinajstić information content (AvgIpc) is 2.90. The topological polar surface area (TPSA) is 57.9 Å². The van der Waals surface area contributed by atoms with Crippen LogP contribution in [-0.2, 0) is 4.79 Å². The first-order chi connectivity index (χ1) is 13.3. The first-order valence-electron chi connectivity index (χ1n) is 9.33. The molecule has 2 aliphatic rings. The molecule has 0 radical (unpaired) electrons. The van der Waals surface area contributed by atoms with Gasteiger partial charge in [-0.1, -0.05) is 43.9 Å². The molecule has 2 atom stereocenters. The molecule has 2 aliphatic heterocycles. The van der Waals surface area contributed by atoms with Crippen LogP contribution in [0.15, 0.2) is 34.1 Å². The van der Waals surface area contributed by atoms with Crippen molar-refractivity contribution in [1.29, 1.82) is 0 Å². The van der Waals surface area contributed by atoms with Crippen molar-refractivity contribution < 1.29 is 4.79 Å². The molecule has 0 N–H and O–H groups in total. The molecular weight excluding hydrogens is 392 g/mol. The fourth-order valence-electron chi connectivity index (χ4n) is 3.97. The fraction of sp³-hybridized carbons (Fsp3) is 0.400. The third-order valence-electron chi connectivity index (χ3n) is 5.18. The van der Waals surface area contributed by atoms with E-state index in [0.717, 1.165) is 19.5 Å². The highest BCUT2D eigenvalue weighted by atomic mass is 32.2. The Bertz CT molecular complexity index is 1050. The number of thiocarbonyl (C=S) groups is 1. The predicted octanol–water partition coefficient (Wildman–Crippen LogP) is 3.01. The smallest absolute Gasteiger partial charge is 0.267 e. The molecule has 0 unspecified atom stereocenters. The van der Waals surface area contributed by atoms with E-state index in [1.807, 2.05) is 12.1 Å².